The highest BCUT2D eigenvalue weighted by atomic mass is 32.1. The summed E-state index contributed by atoms with van der Waals surface area (Å²) in [7, 11) is 0. The van der Waals surface area contributed by atoms with Crippen LogP contribution in [0.1, 0.15) is 22.6 Å². The van der Waals surface area contributed by atoms with E-state index in [0.717, 1.165) is 60.3 Å². The van der Waals surface area contributed by atoms with Crippen LogP contribution in [0.5, 0.6) is 0 Å². The number of thiazole rings is 1. The molecule has 2 aromatic heterocycles. The SMILES string of the molecule is Cc1sc(-c2ccccc2)nc1CC(=O)N1CCCN(Cc2ccsc2)CC1. The van der Waals surface area contributed by atoms with Crippen molar-refractivity contribution in [1.82, 2.24) is 14.8 Å². The standard InChI is InChI=1S/C22H25N3OS2/c1-17-20(23-22(28-17)19-6-3-2-4-7-19)14-21(26)25-10-5-9-24(11-12-25)15-18-8-13-27-16-18/h2-4,6-8,13,16H,5,9-12,14-15H2,1H3. The minimum atomic E-state index is 0.199. The van der Waals surface area contributed by atoms with E-state index in [1.165, 1.54) is 5.56 Å². The number of thiophene rings is 1. The van der Waals surface area contributed by atoms with Crippen LogP contribution in [0.25, 0.3) is 10.6 Å². The van der Waals surface area contributed by atoms with Gasteiger partial charge in [0, 0.05) is 43.2 Å². The van der Waals surface area contributed by atoms with E-state index in [0.29, 0.717) is 6.42 Å². The van der Waals surface area contributed by atoms with Crippen molar-refractivity contribution in [3.8, 4) is 10.6 Å². The van der Waals surface area contributed by atoms with Crippen molar-refractivity contribution >= 4 is 28.6 Å². The summed E-state index contributed by atoms with van der Waals surface area (Å²) >= 11 is 3.42. The molecule has 1 aromatic carbocycles. The number of carbonyl (C=O) groups is 1. The molecule has 0 spiro atoms. The molecule has 146 valence electrons. The van der Waals surface area contributed by atoms with Gasteiger partial charge in [-0.05, 0) is 35.7 Å². The van der Waals surface area contributed by atoms with Crippen LogP contribution in [-0.2, 0) is 17.8 Å². The first-order chi connectivity index (χ1) is 13.7. The molecule has 3 heterocycles. The molecule has 0 unspecified atom stereocenters. The summed E-state index contributed by atoms with van der Waals surface area (Å²) in [5.41, 5.74) is 3.41. The van der Waals surface area contributed by atoms with Gasteiger partial charge in [0.2, 0.25) is 5.91 Å². The fourth-order valence-corrected chi connectivity index (χ4v) is 5.17. The molecular formula is C22H25N3OS2. The number of hydrogen-bond acceptors (Lipinski definition) is 5. The molecule has 4 rings (SSSR count). The predicted molar refractivity (Wildman–Crippen MR) is 117 cm³/mol. The second kappa shape index (κ2) is 8.99. The van der Waals surface area contributed by atoms with Crippen molar-refractivity contribution in [2.24, 2.45) is 0 Å². The van der Waals surface area contributed by atoms with Gasteiger partial charge in [0.05, 0.1) is 12.1 Å². The van der Waals surface area contributed by atoms with Crippen molar-refractivity contribution in [1.29, 1.82) is 0 Å². The van der Waals surface area contributed by atoms with Gasteiger partial charge in [-0.2, -0.15) is 11.3 Å². The lowest BCUT2D eigenvalue weighted by Gasteiger charge is -2.21. The Morgan fingerprint density at radius 2 is 1.96 bits per heavy atom. The molecule has 0 bridgehead atoms. The summed E-state index contributed by atoms with van der Waals surface area (Å²) < 4.78 is 0. The smallest absolute Gasteiger partial charge is 0.228 e. The lowest BCUT2D eigenvalue weighted by molar-refractivity contribution is -0.130. The number of aryl methyl sites for hydroxylation is 1. The molecular weight excluding hydrogens is 386 g/mol. The van der Waals surface area contributed by atoms with Gasteiger partial charge in [-0.1, -0.05) is 30.3 Å². The zero-order valence-corrected chi connectivity index (χ0v) is 17.8. The summed E-state index contributed by atoms with van der Waals surface area (Å²) in [4.78, 5) is 23.3. The van der Waals surface area contributed by atoms with E-state index in [2.05, 4.69) is 40.8 Å². The normalized spacial score (nSPS) is 15.5. The summed E-state index contributed by atoms with van der Waals surface area (Å²) in [6, 6.07) is 12.4. The fourth-order valence-electron chi connectivity index (χ4n) is 3.57. The third kappa shape index (κ3) is 4.69. The van der Waals surface area contributed by atoms with Crippen LogP contribution in [0.4, 0.5) is 0 Å². The highest BCUT2D eigenvalue weighted by molar-refractivity contribution is 7.15. The van der Waals surface area contributed by atoms with E-state index in [9.17, 15) is 4.79 Å². The Labute approximate surface area is 174 Å². The Morgan fingerprint density at radius 1 is 1.11 bits per heavy atom. The molecule has 3 aromatic rings. The fraction of sp³-hybridized carbons (Fsp3) is 0.364. The average molecular weight is 412 g/mol. The third-order valence-corrected chi connectivity index (χ3v) is 6.95. The molecule has 0 N–H and O–H groups in total. The van der Waals surface area contributed by atoms with Gasteiger partial charge >= 0.3 is 0 Å². The molecule has 0 radical (unpaired) electrons. The van der Waals surface area contributed by atoms with E-state index in [4.69, 9.17) is 4.98 Å². The van der Waals surface area contributed by atoms with E-state index in [-0.39, 0.29) is 5.91 Å². The van der Waals surface area contributed by atoms with Crippen LogP contribution in [-0.4, -0.2) is 46.9 Å². The Kier molecular flexibility index (Phi) is 6.20. The first-order valence-corrected chi connectivity index (χ1v) is 11.5. The molecule has 1 fully saturated rings. The Morgan fingerprint density at radius 3 is 2.75 bits per heavy atom. The Hall–Kier alpha value is -2.02. The molecule has 1 aliphatic heterocycles. The number of rotatable bonds is 5. The van der Waals surface area contributed by atoms with Crippen LogP contribution >= 0.6 is 22.7 Å². The van der Waals surface area contributed by atoms with Crippen LogP contribution in [0.3, 0.4) is 0 Å². The van der Waals surface area contributed by atoms with Gasteiger partial charge in [-0.15, -0.1) is 11.3 Å². The number of nitrogens with zero attached hydrogens (tertiary/aromatic N) is 3. The number of amides is 1. The number of benzene rings is 1. The summed E-state index contributed by atoms with van der Waals surface area (Å²) in [5.74, 6) is 0.199. The summed E-state index contributed by atoms with van der Waals surface area (Å²) in [6.07, 6.45) is 1.43. The topological polar surface area (TPSA) is 36.4 Å². The van der Waals surface area contributed by atoms with Gasteiger partial charge in [-0.3, -0.25) is 9.69 Å². The molecule has 28 heavy (non-hydrogen) atoms. The molecule has 1 amide bonds. The van der Waals surface area contributed by atoms with Crippen LogP contribution in [0.15, 0.2) is 47.2 Å². The Bertz CT molecular complexity index is 905. The van der Waals surface area contributed by atoms with Gasteiger partial charge in [0.25, 0.3) is 0 Å². The largest absolute Gasteiger partial charge is 0.341 e. The van der Waals surface area contributed by atoms with Crippen molar-refractivity contribution in [3.63, 3.8) is 0 Å². The first kappa shape index (κ1) is 19.3. The maximum atomic E-state index is 12.9. The second-order valence-corrected chi connectivity index (χ2v) is 9.19. The molecule has 1 saturated heterocycles. The second-order valence-electron chi connectivity index (χ2n) is 7.21. The minimum Gasteiger partial charge on any atom is -0.341 e. The summed E-state index contributed by atoms with van der Waals surface area (Å²) in [5, 5.41) is 5.34. The average Bonchev–Trinajstić information content (AvgIpc) is 3.27. The van der Waals surface area contributed by atoms with E-state index < -0.39 is 0 Å². The zero-order valence-electron chi connectivity index (χ0n) is 16.1. The Balaban J connectivity index is 1.37. The summed E-state index contributed by atoms with van der Waals surface area (Å²) in [6.45, 7) is 6.68. The van der Waals surface area contributed by atoms with Crippen LogP contribution in [0.2, 0.25) is 0 Å². The number of hydrogen-bond donors (Lipinski definition) is 0. The highest BCUT2D eigenvalue weighted by Gasteiger charge is 2.21. The highest BCUT2D eigenvalue weighted by Crippen LogP contribution is 2.28. The quantitative estimate of drug-likeness (QED) is 0.622. The van der Waals surface area contributed by atoms with Crippen molar-refractivity contribution in [2.75, 3.05) is 26.2 Å². The van der Waals surface area contributed by atoms with Crippen molar-refractivity contribution < 1.29 is 4.79 Å². The van der Waals surface area contributed by atoms with Gasteiger partial charge in [-0.25, -0.2) is 4.98 Å². The van der Waals surface area contributed by atoms with Crippen molar-refractivity contribution in [3.05, 3.63) is 63.3 Å². The first-order valence-electron chi connectivity index (χ1n) is 9.72. The molecule has 0 saturated carbocycles. The predicted octanol–water partition coefficient (Wildman–Crippen LogP) is 4.46. The zero-order chi connectivity index (χ0) is 19.3. The molecule has 4 nitrogen and oxygen atoms in total. The third-order valence-electron chi connectivity index (χ3n) is 5.16. The van der Waals surface area contributed by atoms with Crippen LogP contribution < -0.4 is 0 Å². The number of carbonyl (C=O) groups excluding carboxylic acids is 1. The van der Waals surface area contributed by atoms with Gasteiger partial charge in [0.15, 0.2) is 0 Å². The maximum Gasteiger partial charge on any atom is 0.228 e. The monoisotopic (exact) mass is 411 g/mol. The lowest BCUT2D eigenvalue weighted by atomic mass is 10.2. The van der Waals surface area contributed by atoms with E-state index in [1.807, 2.05) is 23.1 Å². The van der Waals surface area contributed by atoms with Gasteiger partial charge < -0.3 is 4.90 Å². The van der Waals surface area contributed by atoms with Crippen LogP contribution in [0, 0.1) is 6.92 Å². The molecule has 0 aliphatic carbocycles. The molecule has 1 aliphatic rings. The number of aromatic nitrogens is 1. The lowest BCUT2D eigenvalue weighted by Crippen LogP contribution is -2.36. The van der Waals surface area contributed by atoms with E-state index in [1.54, 1.807) is 22.7 Å². The van der Waals surface area contributed by atoms with Gasteiger partial charge in [0.1, 0.15) is 5.01 Å². The van der Waals surface area contributed by atoms with Crippen molar-refractivity contribution in [2.45, 2.75) is 26.3 Å². The minimum absolute atomic E-state index is 0.199. The maximum absolute atomic E-state index is 12.9. The van der Waals surface area contributed by atoms with E-state index >= 15 is 0 Å². The molecule has 6 heteroatoms. The molecule has 0 atom stereocenters.